The molecule has 0 N–H and O–H groups in total. The second-order valence-corrected chi connectivity index (χ2v) is 24.1. The molecule has 82 heavy (non-hydrogen) atoms. The first kappa shape index (κ1) is 78.8. The number of allylic oxidation sites excluding steroid dienone is 12. The van der Waals surface area contributed by atoms with Crippen LogP contribution in [0.25, 0.3) is 0 Å². The third-order valence-electron chi connectivity index (χ3n) is 15.9. The van der Waals surface area contributed by atoms with Gasteiger partial charge in [-0.1, -0.05) is 344 Å². The Hall–Kier alpha value is -3.15. The van der Waals surface area contributed by atoms with Crippen LogP contribution in [-0.4, -0.2) is 37.2 Å². The predicted molar refractivity (Wildman–Crippen MR) is 358 cm³/mol. The minimum atomic E-state index is -0.778. The van der Waals surface area contributed by atoms with Crippen LogP contribution in [0.3, 0.4) is 0 Å². The number of hydrogen-bond acceptors (Lipinski definition) is 6. The Bertz CT molecular complexity index is 1500. The van der Waals surface area contributed by atoms with E-state index in [0.29, 0.717) is 19.3 Å². The first-order chi connectivity index (χ1) is 40.5. The van der Waals surface area contributed by atoms with E-state index in [1.54, 1.807) is 0 Å². The van der Waals surface area contributed by atoms with Gasteiger partial charge in [-0.2, -0.15) is 0 Å². The van der Waals surface area contributed by atoms with E-state index in [-0.39, 0.29) is 31.1 Å². The second kappa shape index (κ2) is 70.3. The van der Waals surface area contributed by atoms with Gasteiger partial charge in [0.05, 0.1) is 0 Å². The molecule has 0 aliphatic rings. The summed E-state index contributed by atoms with van der Waals surface area (Å²) in [7, 11) is 0. The summed E-state index contributed by atoms with van der Waals surface area (Å²) in [6.45, 7) is 6.54. The maximum Gasteiger partial charge on any atom is 0.306 e. The fourth-order valence-electron chi connectivity index (χ4n) is 10.6. The zero-order valence-corrected chi connectivity index (χ0v) is 54.8. The molecule has 0 aromatic heterocycles. The number of unbranched alkanes of at least 4 members (excludes halogenated alkanes) is 43. The van der Waals surface area contributed by atoms with Crippen LogP contribution < -0.4 is 0 Å². The average molecular weight is 1150 g/mol. The highest BCUT2D eigenvalue weighted by molar-refractivity contribution is 5.71. The number of carbonyl (C=O) groups excluding carboxylic acids is 3. The molecule has 6 nitrogen and oxygen atoms in total. The smallest absolute Gasteiger partial charge is 0.306 e. The Morgan fingerprint density at radius 1 is 0.256 bits per heavy atom. The largest absolute Gasteiger partial charge is 0.462 e. The van der Waals surface area contributed by atoms with Crippen LogP contribution in [0.2, 0.25) is 0 Å². The van der Waals surface area contributed by atoms with Crippen LogP contribution in [0.5, 0.6) is 0 Å². The lowest BCUT2D eigenvalue weighted by atomic mass is 10.0. The Balaban J connectivity index is 4.15. The van der Waals surface area contributed by atoms with E-state index in [2.05, 4.69) is 93.7 Å². The fourth-order valence-corrected chi connectivity index (χ4v) is 10.6. The van der Waals surface area contributed by atoms with Crippen molar-refractivity contribution in [1.82, 2.24) is 0 Å². The van der Waals surface area contributed by atoms with Crippen molar-refractivity contribution in [1.29, 1.82) is 0 Å². The Kier molecular flexibility index (Phi) is 67.6. The Morgan fingerprint density at radius 3 is 0.780 bits per heavy atom. The molecule has 0 fully saturated rings. The van der Waals surface area contributed by atoms with Gasteiger partial charge in [-0.05, 0) is 83.5 Å². The van der Waals surface area contributed by atoms with Crippen molar-refractivity contribution in [3.63, 3.8) is 0 Å². The van der Waals surface area contributed by atoms with Gasteiger partial charge in [0.25, 0.3) is 0 Å². The van der Waals surface area contributed by atoms with Gasteiger partial charge in [0.2, 0.25) is 0 Å². The predicted octanol–water partition coefficient (Wildman–Crippen LogP) is 24.8. The van der Waals surface area contributed by atoms with Crippen molar-refractivity contribution in [2.45, 2.75) is 380 Å². The highest BCUT2D eigenvalue weighted by atomic mass is 16.6. The molecule has 0 aliphatic heterocycles. The number of rotatable bonds is 66. The molecule has 0 radical (unpaired) electrons. The van der Waals surface area contributed by atoms with Gasteiger partial charge < -0.3 is 14.2 Å². The van der Waals surface area contributed by atoms with E-state index < -0.39 is 6.10 Å². The second-order valence-electron chi connectivity index (χ2n) is 24.1. The molecule has 0 aromatic carbocycles. The van der Waals surface area contributed by atoms with Crippen LogP contribution in [-0.2, 0) is 28.6 Å². The van der Waals surface area contributed by atoms with E-state index in [1.807, 2.05) is 0 Å². The minimum Gasteiger partial charge on any atom is -0.462 e. The third kappa shape index (κ3) is 67.6. The summed E-state index contributed by atoms with van der Waals surface area (Å²) in [6.07, 6.45) is 92.3. The molecular formula is C76H136O6. The van der Waals surface area contributed by atoms with Gasteiger partial charge in [-0.3, -0.25) is 14.4 Å². The molecule has 0 aromatic rings. The van der Waals surface area contributed by atoms with Gasteiger partial charge in [-0.25, -0.2) is 0 Å². The average Bonchev–Trinajstić information content (AvgIpc) is 3.47. The molecule has 0 spiro atoms. The lowest BCUT2D eigenvalue weighted by Gasteiger charge is -2.18. The van der Waals surface area contributed by atoms with Gasteiger partial charge in [0.1, 0.15) is 13.2 Å². The normalized spacial score (nSPS) is 12.5. The molecule has 6 heteroatoms. The van der Waals surface area contributed by atoms with E-state index in [9.17, 15) is 14.4 Å². The van der Waals surface area contributed by atoms with Gasteiger partial charge in [0.15, 0.2) is 6.10 Å². The number of esters is 3. The van der Waals surface area contributed by atoms with Gasteiger partial charge >= 0.3 is 17.9 Å². The van der Waals surface area contributed by atoms with E-state index in [4.69, 9.17) is 14.2 Å². The van der Waals surface area contributed by atoms with Crippen molar-refractivity contribution in [3.8, 4) is 0 Å². The molecule has 0 saturated carbocycles. The number of ether oxygens (including phenoxy) is 3. The highest BCUT2D eigenvalue weighted by Crippen LogP contribution is 2.18. The SMILES string of the molecule is CC/C=C\C/C=C\C/C=C\C/C=C\CCCCCCCCCCCCCCCCCCCCCCC(=O)OCC(COC(=O)CCCCCCC/C=C\C/C=C\CCCC)OC(=O)CCCCCCCCCCCCCCCCCCC. The quantitative estimate of drug-likeness (QED) is 0.0261. The van der Waals surface area contributed by atoms with E-state index in [1.165, 1.54) is 231 Å². The van der Waals surface area contributed by atoms with Crippen molar-refractivity contribution in [2.75, 3.05) is 13.2 Å². The first-order valence-corrected chi connectivity index (χ1v) is 35.9. The summed E-state index contributed by atoms with van der Waals surface area (Å²) in [5, 5.41) is 0. The summed E-state index contributed by atoms with van der Waals surface area (Å²) < 4.78 is 17.0. The first-order valence-electron chi connectivity index (χ1n) is 35.9. The van der Waals surface area contributed by atoms with Crippen LogP contribution in [0, 0.1) is 0 Å². The molecule has 1 unspecified atom stereocenters. The topological polar surface area (TPSA) is 78.9 Å². The fraction of sp³-hybridized carbons (Fsp3) is 0.803. The number of carbonyl (C=O) groups is 3. The lowest BCUT2D eigenvalue weighted by Crippen LogP contribution is -2.30. The monoisotopic (exact) mass is 1150 g/mol. The molecule has 0 aliphatic carbocycles. The molecule has 1 atom stereocenters. The van der Waals surface area contributed by atoms with Crippen LogP contribution in [0.1, 0.15) is 374 Å². The Morgan fingerprint density at radius 2 is 0.488 bits per heavy atom. The van der Waals surface area contributed by atoms with Crippen molar-refractivity contribution in [2.24, 2.45) is 0 Å². The standard InChI is InChI=1S/C76H136O6/c1-4-7-10-13-16-19-22-25-28-30-31-32-33-34-35-36-37-38-39-40-41-42-43-44-45-47-48-51-54-57-60-63-66-69-75(78)81-72-73(71-80-74(77)68-65-62-59-56-53-50-27-24-21-18-15-12-9-6-3)82-76(79)70-67-64-61-58-55-52-49-46-29-26-23-20-17-14-11-8-5-2/h7,10,15-16,18-19,24-25,27-28,31-32,73H,4-6,8-9,11-14,17,20-23,26,29-30,33-72H2,1-3H3/b10-7-,18-15-,19-16-,27-24-,28-25-,32-31-. The highest BCUT2D eigenvalue weighted by Gasteiger charge is 2.19. The van der Waals surface area contributed by atoms with Gasteiger partial charge in [-0.15, -0.1) is 0 Å². The maximum atomic E-state index is 12.9. The summed E-state index contributed by atoms with van der Waals surface area (Å²) >= 11 is 0. The molecule has 0 saturated heterocycles. The summed E-state index contributed by atoms with van der Waals surface area (Å²) in [4.78, 5) is 38.4. The van der Waals surface area contributed by atoms with E-state index in [0.717, 1.165) is 103 Å². The van der Waals surface area contributed by atoms with Crippen LogP contribution in [0.4, 0.5) is 0 Å². The zero-order chi connectivity index (χ0) is 59.2. The summed E-state index contributed by atoms with van der Waals surface area (Å²) in [5.74, 6) is -0.863. The minimum absolute atomic E-state index is 0.0736. The summed E-state index contributed by atoms with van der Waals surface area (Å²) in [5.41, 5.74) is 0. The van der Waals surface area contributed by atoms with E-state index >= 15 is 0 Å². The molecular weight excluding hydrogens is 1010 g/mol. The molecule has 0 heterocycles. The molecule has 0 rings (SSSR count). The van der Waals surface area contributed by atoms with Crippen LogP contribution in [0.15, 0.2) is 72.9 Å². The molecule has 476 valence electrons. The third-order valence-corrected chi connectivity index (χ3v) is 15.9. The van der Waals surface area contributed by atoms with Crippen molar-refractivity contribution < 1.29 is 28.6 Å². The number of hydrogen-bond donors (Lipinski definition) is 0. The molecule has 0 amide bonds. The van der Waals surface area contributed by atoms with Gasteiger partial charge in [0, 0.05) is 19.3 Å². The van der Waals surface area contributed by atoms with Crippen molar-refractivity contribution >= 4 is 17.9 Å². The zero-order valence-electron chi connectivity index (χ0n) is 54.8. The Labute approximate surface area is 510 Å². The van der Waals surface area contributed by atoms with Crippen LogP contribution >= 0.6 is 0 Å². The van der Waals surface area contributed by atoms with Crippen molar-refractivity contribution in [3.05, 3.63) is 72.9 Å². The maximum absolute atomic E-state index is 12.9. The molecule has 0 bridgehead atoms. The summed E-state index contributed by atoms with van der Waals surface area (Å²) in [6, 6.07) is 0. The lowest BCUT2D eigenvalue weighted by molar-refractivity contribution is -0.167.